The minimum Gasteiger partial charge on any atom is -0.326 e. The van der Waals surface area contributed by atoms with Gasteiger partial charge in [0.1, 0.15) is 11.6 Å². The average Bonchev–Trinajstić information content (AvgIpc) is 2.61. The van der Waals surface area contributed by atoms with Crippen LogP contribution in [-0.4, -0.2) is 36.3 Å². The van der Waals surface area contributed by atoms with Crippen LogP contribution in [0.25, 0.3) is 0 Å². The maximum absolute atomic E-state index is 13.2. The van der Waals surface area contributed by atoms with Gasteiger partial charge in [-0.2, -0.15) is 0 Å². The van der Waals surface area contributed by atoms with Gasteiger partial charge >= 0.3 is 0 Å². The van der Waals surface area contributed by atoms with E-state index in [4.69, 9.17) is 0 Å². The molecule has 5 nitrogen and oxygen atoms in total. The van der Waals surface area contributed by atoms with Gasteiger partial charge in [-0.05, 0) is 43.7 Å². The summed E-state index contributed by atoms with van der Waals surface area (Å²) in [5.41, 5.74) is 0.818. The molecule has 0 aromatic heterocycles. The maximum Gasteiger partial charge on any atom is 0.238 e. The second-order valence-electron chi connectivity index (χ2n) is 6.64. The van der Waals surface area contributed by atoms with Crippen molar-refractivity contribution in [2.45, 2.75) is 12.8 Å². The second-order valence-corrected chi connectivity index (χ2v) is 6.64. The van der Waals surface area contributed by atoms with Crippen LogP contribution in [0.1, 0.15) is 12.8 Å². The number of carbonyl (C=O) groups is 2. The highest BCUT2D eigenvalue weighted by atomic mass is 19.1. The first kappa shape index (κ1) is 19.0. The van der Waals surface area contributed by atoms with Crippen LogP contribution in [0.5, 0.6) is 0 Å². The molecule has 0 spiro atoms. The summed E-state index contributed by atoms with van der Waals surface area (Å²) in [7, 11) is 0. The number of likely N-dealkylation sites (tertiary alicyclic amines) is 1. The second kappa shape index (κ2) is 8.73. The molecule has 1 aliphatic rings. The minimum absolute atomic E-state index is 0.0627. The van der Waals surface area contributed by atoms with E-state index >= 15 is 0 Å². The normalized spacial score (nSPS) is 17.3. The van der Waals surface area contributed by atoms with Gasteiger partial charge in [-0.3, -0.25) is 14.5 Å². The number of piperidine rings is 1. The molecule has 3 rings (SSSR count). The standard InChI is InChI=1S/C20H21F2N3O2/c21-15-9-16(22)11-18(10-15)23-19(26)13-25-8-4-5-14(12-25)20(27)24-17-6-2-1-3-7-17/h1-3,6-7,9-11,14H,4-5,8,12-13H2,(H,23,26)(H,24,27). The molecule has 2 amide bonds. The summed E-state index contributed by atoms with van der Waals surface area (Å²) in [6.45, 7) is 1.22. The maximum atomic E-state index is 13.2. The Hall–Kier alpha value is -2.80. The van der Waals surface area contributed by atoms with Crippen molar-refractivity contribution >= 4 is 23.2 Å². The molecular weight excluding hydrogens is 352 g/mol. The van der Waals surface area contributed by atoms with E-state index in [0.29, 0.717) is 13.1 Å². The summed E-state index contributed by atoms with van der Waals surface area (Å²) in [4.78, 5) is 26.5. The molecule has 0 saturated carbocycles. The Labute approximate surface area is 156 Å². The third kappa shape index (κ3) is 5.59. The van der Waals surface area contributed by atoms with Crippen molar-refractivity contribution in [1.29, 1.82) is 0 Å². The van der Waals surface area contributed by atoms with Crippen LogP contribution in [0.2, 0.25) is 0 Å². The van der Waals surface area contributed by atoms with E-state index in [9.17, 15) is 18.4 Å². The van der Waals surface area contributed by atoms with Gasteiger partial charge in [-0.1, -0.05) is 18.2 Å². The Morgan fingerprint density at radius 2 is 1.70 bits per heavy atom. The fourth-order valence-electron chi connectivity index (χ4n) is 3.21. The largest absolute Gasteiger partial charge is 0.326 e. The topological polar surface area (TPSA) is 61.4 Å². The number of hydrogen-bond donors (Lipinski definition) is 2. The van der Waals surface area contributed by atoms with E-state index < -0.39 is 11.6 Å². The zero-order valence-electron chi connectivity index (χ0n) is 14.8. The van der Waals surface area contributed by atoms with Crippen molar-refractivity contribution in [3.05, 3.63) is 60.2 Å². The molecule has 1 unspecified atom stereocenters. The van der Waals surface area contributed by atoms with Crippen molar-refractivity contribution in [1.82, 2.24) is 4.90 Å². The molecule has 1 atom stereocenters. The van der Waals surface area contributed by atoms with Gasteiger partial charge in [0, 0.05) is 24.0 Å². The first-order valence-corrected chi connectivity index (χ1v) is 8.84. The van der Waals surface area contributed by atoms with E-state index in [-0.39, 0.29) is 30.0 Å². The molecule has 2 aromatic carbocycles. The zero-order chi connectivity index (χ0) is 19.2. The predicted octanol–water partition coefficient (Wildman–Crippen LogP) is 3.25. The molecule has 7 heteroatoms. The lowest BCUT2D eigenvalue weighted by atomic mass is 9.97. The van der Waals surface area contributed by atoms with E-state index in [1.807, 2.05) is 35.2 Å². The summed E-state index contributed by atoms with van der Waals surface area (Å²) in [6.07, 6.45) is 1.56. The van der Waals surface area contributed by atoms with E-state index in [1.165, 1.54) is 0 Å². The van der Waals surface area contributed by atoms with Crippen LogP contribution in [0.3, 0.4) is 0 Å². The summed E-state index contributed by atoms with van der Waals surface area (Å²) in [6, 6.07) is 12.1. The van der Waals surface area contributed by atoms with Crippen molar-refractivity contribution in [3.63, 3.8) is 0 Å². The minimum atomic E-state index is -0.749. The monoisotopic (exact) mass is 373 g/mol. The quantitative estimate of drug-likeness (QED) is 0.846. The Kier molecular flexibility index (Phi) is 6.13. The number of nitrogens with zero attached hydrogens (tertiary/aromatic N) is 1. The molecule has 1 saturated heterocycles. The fraction of sp³-hybridized carbons (Fsp3) is 0.300. The van der Waals surface area contributed by atoms with Gasteiger partial charge in [-0.15, -0.1) is 0 Å². The van der Waals surface area contributed by atoms with Gasteiger partial charge in [0.25, 0.3) is 0 Å². The average molecular weight is 373 g/mol. The third-order valence-electron chi connectivity index (χ3n) is 4.43. The van der Waals surface area contributed by atoms with Crippen molar-refractivity contribution in [2.75, 3.05) is 30.3 Å². The lowest BCUT2D eigenvalue weighted by molar-refractivity contribution is -0.123. The van der Waals surface area contributed by atoms with Gasteiger partial charge in [0.2, 0.25) is 11.8 Å². The summed E-state index contributed by atoms with van der Waals surface area (Å²) in [5, 5.41) is 5.38. The van der Waals surface area contributed by atoms with E-state index in [1.54, 1.807) is 0 Å². The van der Waals surface area contributed by atoms with Gasteiger partial charge < -0.3 is 10.6 Å². The van der Waals surface area contributed by atoms with Crippen LogP contribution in [0.4, 0.5) is 20.2 Å². The van der Waals surface area contributed by atoms with Crippen LogP contribution < -0.4 is 10.6 Å². The molecule has 0 bridgehead atoms. The molecule has 1 heterocycles. The Morgan fingerprint density at radius 3 is 2.41 bits per heavy atom. The zero-order valence-corrected chi connectivity index (χ0v) is 14.8. The van der Waals surface area contributed by atoms with Crippen molar-refractivity contribution < 1.29 is 18.4 Å². The van der Waals surface area contributed by atoms with Crippen LogP contribution in [-0.2, 0) is 9.59 Å². The first-order chi connectivity index (χ1) is 13.0. The molecule has 142 valence electrons. The number of anilines is 2. The molecular formula is C20H21F2N3O2. The lowest BCUT2D eigenvalue weighted by Crippen LogP contribution is -2.44. The van der Waals surface area contributed by atoms with Gasteiger partial charge in [0.05, 0.1) is 12.5 Å². The molecule has 2 aromatic rings. The molecule has 0 radical (unpaired) electrons. The summed E-state index contributed by atoms with van der Waals surface area (Å²) in [5.74, 6) is -2.15. The van der Waals surface area contributed by atoms with Gasteiger partial charge in [0.15, 0.2) is 0 Å². The number of para-hydroxylation sites is 1. The number of hydrogen-bond acceptors (Lipinski definition) is 3. The van der Waals surface area contributed by atoms with Gasteiger partial charge in [-0.25, -0.2) is 8.78 Å². The third-order valence-corrected chi connectivity index (χ3v) is 4.43. The molecule has 2 N–H and O–H groups in total. The molecule has 1 aliphatic heterocycles. The molecule has 1 fully saturated rings. The van der Waals surface area contributed by atoms with Crippen LogP contribution >= 0.6 is 0 Å². The Morgan fingerprint density at radius 1 is 1.00 bits per heavy atom. The number of halogens is 2. The highest BCUT2D eigenvalue weighted by Crippen LogP contribution is 2.19. The lowest BCUT2D eigenvalue weighted by Gasteiger charge is -2.31. The number of nitrogens with one attached hydrogen (secondary N) is 2. The highest BCUT2D eigenvalue weighted by Gasteiger charge is 2.27. The SMILES string of the molecule is O=C(CN1CCCC(C(=O)Nc2ccccc2)C1)Nc1cc(F)cc(F)c1. The number of amides is 2. The Balaban J connectivity index is 1.53. The number of carbonyl (C=O) groups excluding carboxylic acids is 2. The molecule has 27 heavy (non-hydrogen) atoms. The smallest absolute Gasteiger partial charge is 0.238 e. The van der Waals surface area contributed by atoms with Crippen molar-refractivity contribution in [2.24, 2.45) is 5.92 Å². The predicted molar refractivity (Wildman–Crippen MR) is 99.2 cm³/mol. The van der Waals surface area contributed by atoms with Crippen LogP contribution in [0.15, 0.2) is 48.5 Å². The highest BCUT2D eigenvalue weighted by molar-refractivity contribution is 5.93. The fourth-order valence-corrected chi connectivity index (χ4v) is 3.21. The Bertz CT molecular complexity index is 794. The molecule has 0 aliphatic carbocycles. The summed E-state index contributed by atoms with van der Waals surface area (Å²) < 4.78 is 26.4. The first-order valence-electron chi connectivity index (χ1n) is 8.84. The van der Waals surface area contributed by atoms with Crippen molar-refractivity contribution in [3.8, 4) is 0 Å². The number of rotatable bonds is 5. The number of benzene rings is 2. The van der Waals surface area contributed by atoms with E-state index in [2.05, 4.69) is 10.6 Å². The summed E-state index contributed by atoms with van der Waals surface area (Å²) >= 11 is 0. The van der Waals surface area contributed by atoms with E-state index in [0.717, 1.165) is 36.7 Å². The van der Waals surface area contributed by atoms with Crippen LogP contribution in [0, 0.1) is 17.6 Å².